The van der Waals surface area contributed by atoms with Gasteiger partial charge in [0.1, 0.15) is 4.75 Å². The Morgan fingerprint density at radius 1 is 1.35 bits per heavy atom. The summed E-state index contributed by atoms with van der Waals surface area (Å²) in [4.78, 5) is 16.8. The predicted molar refractivity (Wildman–Crippen MR) is 81.0 cm³/mol. The summed E-state index contributed by atoms with van der Waals surface area (Å²) in [5.41, 5.74) is 0. The SMILES string of the molecule is COC1CCC2(C1)SC(C[C@H]1C[C@@H]3CC[C@H]1C3)=NC2=O. The lowest BCUT2D eigenvalue weighted by atomic mass is 9.87. The fraction of sp³-hybridized carbons (Fsp3) is 0.875. The van der Waals surface area contributed by atoms with Crippen LogP contribution in [0.25, 0.3) is 0 Å². The highest BCUT2D eigenvalue weighted by atomic mass is 32.2. The summed E-state index contributed by atoms with van der Waals surface area (Å²) in [5, 5.41) is 1.13. The Kier molecular flexibility index (Phi) is 3.22. The Labute approximate surface area is 124 Å². The largest absolute Gasteiger partial charge is 0.381 e. The van der Waals surface area contributed by atoms with Crippen LogP contribution in [0.4, 0.5) is 0 Å². The number of thioether (sulfide) groups is 1. The summed E-state index contributed by atoms with van der Waals surface area (Å²) >= 11 is 1.78. The van der Waals surface area contributed by atoms with Gasteiger partial charge >= 0.3 is 0 Å². The monoisotopic (exact) mass is 293 g/mol. The van der Waals surface area contributed by atoms with Gasteiger partial charge in [-0.2, -0.15) is 0 Å². The smallest absolute Gasteiger partial charge is 0.263 e. The first-order chi connectivity index (χ1) is 9.68. The lowest BCUT2D eigenvalue weighted by molar-refractivity contribution is -0.119. The zero-order chi connectivity index (χ0) is 13.7. The maximum absolute atomic E-state index is 12.3. The van der Waals surface area contributed by atoms with Crippen LogP contribution in [0.2, 0.25) is 0 Å². The highest BCUT2D eigenvalue weighted by molar-refractivity contribution is 8.16. The molecule has 5 atom stereocenters. The fourth-order valence-electron chi connectivity index (χ4n) is 4.90. The lowest BCUT2D eigenvalue weighted by Crippen LogP contribution is -2.28. The number of hydrogen-bond donors (Lipinski definition) is 0. The van der Waals surface area contributed by atoms with E-state index in [0.717, 1.165) is 48.5 Å². The second-order valence-electron chi connectivity index (χ2n) is 7.15. The molecule has 1 heterocycles. The van der Waals surface area contributed by atoms with Crippen LogP contribution in [0, 0.1) is 17.8 Å². The minimum Gasteiger partial charge on any atom is -0.381 e. The number of aliphatic imine (C=N–C) groups is 1. The molecule has 1 amide bonds. The lowest BCUT2D eigenvalue weighted by Gasteiger charge is -2.23. The summed E-state index contributed by atoms with van der Waals surface area (Å²) in [7, 11) is 1.75. The molecule has 3 fully saturated rings. The minimum atomic E-state index is -0.256. The molecule has 4 rings (SSSR count). The number of ether oxygens (including phenoxy) is 1. The first kappa shape index (κ1) is 13.3. The average molecular weight is 293 g/mol. The Bertz CT molecular complexity index is 463. The van der Waals surface area contributed by atoms with Gasteiger partial charge in [-0.1, -0.05) is 18.2 Å². The molecule has 4 heteroatoms. The van der Waals surface area contributed by atoms with Gasteiger partial charge in [-0.05, 0) is 62.7 Å². The van der Waals surface area contributed by atoms with E-state index in [9.17, 15) is 4.79 Å². The number of amides is 1. The van der Waals surface area contributed by atoms with Crippen LogP contribution in [0.5, 0.6) is 0 Å². The van der Waals surface area contributed by atoms with Gasteiger partial charge in [-0.25, -0.2) is 4.99 Å². The zero-order valence-corrected chi connectivity index (χ0v) is 13.0. The Morgan fingerprint density at radius 3 is 2.90 bits per heavy atom. The molecule has 3 aliphatic carbocycles. The molecule has 3 nitrogen and oxygen atoms in total. The predicted octanol–water partition coefficient (Wildman–Crippen LogP) is 3.42. The van der Waals surface area contributed by atoms with Crippen LogP contribution in [-0.4, -0.2) is 28.9 Å². The van der Waals surface area contributed by atoms with E-state index in [-0.39, 0.29) is 16.8 Å². The van der Waals surface area contributed by atoms with E-state index in [0.29, 0.717) is 0 Å². The van der Waals surface area contributed by atoms with Crippen molar-refractivity contribution >= 4 is 22.7 Å². The number of rotatable bonds is 3. The maximum atomic E-state index is 12.3. The maximum Gasteiger partial charge on any atom is 0.263 e. The highest BCUT2D eigenvalue weighted by Crippen LogP contribution is 2.53. The van der Waals surface area contributed by atoms with Crippen LogP contribution in [0.15, 0.2) is 4.99 Å². The summed E-state index contributed by atoms with van der Waals surface area (Å²) in [6, 6.07) is 0. The van der Waals surface area contributed by atoms with Crippen LogP contribution in [0.1, 0.15) is 51.4 Å². The van der Waals surface area contributed by atoms with Crippen LogP contribution >= 0.6 is 11.8 Å². The zero-order valence-electron chi connectivity index (χ0n) is 12.1. The standard InChI is InChI=1S/C16H23NO2S/c1-19-13-4-5-16(9-13)15(18)17-14(20-16)8-12-7-10-2-3-11(12)6-10/h10-13H,2-9H2,1H3/t10-,11+,12-,13?,16?/m1/s1. The number of nitrogens with zero attached hydrogens (tertiary/aromatic N) is 1. The molecule has 0 aromatic heterocycles. The third-order valence-corrected chi connectivity index (χ3v) is 7.44. The van der Waals surface area contributed by atoms with Gasteiger partial charge in [-0.15, -0.1) is 0 Å². The van der Waals surface area contributed by atoms with Crippen LogP contribution < -0.4 is 0 Å². The number of carbonyl (C=O) groups is 1. The molecule has 4 aliphatic rings. The third-order valence-electron chi connectivity index (χ3n) is 6.01. The molecular weight excluding hydrogens is 270 g/mol. The molecule has 3 saturated carbocycles. The normalized spacial score (nSPS) is 46.6. The molecule has 0 N–H and O–H groups in total. The molecule has 2 unspecified atom stereocenters. The van der Waals surface area contributed by atoms with Gasteiger partial charge in [-0.3, -0.25) is 4.79 Å². The van der Waals surface area contributed by atoms with Crippen molar-refractivity contribution < 1.29 is 9.53 Å². The molecule has 0 aromatic rings. The van der Waals surface area contributed by atoms with Crippen LogP contribution in [-0.2, 0) is 9.53 Å². The van der Waals surface area contributed by atoms with E-state index < -0.39 is 0 Å². The molecule has 110 valence electrons. The van der Waals surface area contributed by atoms with Crippen molar-refractivity contribution in [3.05, 3.63) is 0 Å². The molecule has 1 aliphatic heterocycles. The Hall–Kier alpha value is -0.350. The molecule has 2 bridgehead atoms. The van der Waals surface area contributed by atoms with Crippen molar-refractivity contribution in [3.63, 3.8) is 0 Å². The third kappa shape index (κ3) is 2.07. The topological polar surface area (TPSA) is 38.7 Å². The van der Waals surface area contributed by atoms with Crippen molar-refractivity contribution in [3.8, 4) is 0 Å². The Balaban J connectivity index is 1.41. The summed E-state index contributed by atoms with van der Waals surface area (Å²) in [5.74, 6) is 2.83. The van der Waals surface area contributed by atoms with Crippen molar-refractivity contribution in [1.82, 2.24) is 0 Å². The van der Waals surface area contributed by atoms with E-state index >= 15 is 0 Å². The molecule has 0 aromatic carbocycles. The van der Waals surface area contributed by atoms with Crippen molar-refractivity contribution in [2.75, 3.05) is 7.11 Å². The minimum absolute atomic E-state index is 0.125. The molecule has 0 saturated heterocycles. The quantitative estimate of drug-likeness (QED) is 0.800. The highest BCUT2D eigenvalue weighted by Gasteiger charge is 2.51. The first-order valence-corrected chi connectivity index (χ1v) is 8.84. The number of carbonyl (C=O) groups excluding carboxylic acids is 1. The molecule has 1 spiro atoms. The molecule has 0 radical (unpaired) electrons. The van der Waals surface area contributed by atoms with E-state index in [1.807, 2.05) is 0 Å². The summed E-state index contributed by atoms with van der Waals surface area (Å²) in [6.07, 6.45) is 9.80. The van der Waals surface area contributed by atoms with Crippen molar-refractivity contribution in [1.29, 1.82) is 0 Å². The molecular formula is C16H23NO2S. The second kappa shape index (κ2) is 4.84. The summed E-state index contributed by atoms with van der Waals surface area (Å²) < 4.78 is 5.18. The van der Waals surface area contributed by atoms with Gasteiger partial charge in [0.25, 0.3) is 5.91 Å². The van der Waals surface area contributed by atoms with E-state index in [1.165, 1.54) is 25.7 Å². The van der Waals surface area contributed by atoms with E-state index in [2.05, 4.69) is 4.99 Å². The first-order valence-electron chi connectivity index (χ1n) is 8.02. The summed E-state index contributed by atoms with van der Waals surface area (Å²) in [6.45, 7) is 0. The van der Waals surface area contributed by atoms with Gasteiger partial charge < -0.3 is 4.74 Å². The van der Waals surface area contributed by atoms with Gasteiger partial charge in [0.05, 0.1) is 11.1 Å². The van der Waals surface area contributed by atoms with E-state index in [4.69, 9.17) is 4.74 Å². The van der Waals surface area contributed by atoms with Gasteiger partial charge in [0, 0.05) is 7.11 Å². The van der Waals surface area contributed by atoms with Crippen LogP contribution in [0.3, 0.4) is 0 Å². The van der Waals surface area contributed by atoms with Crippen molar-refractivity contribution in [2.24, 2.45) is 22.7 Å². The van der Waals surface area contributed by atoms with Gasteiger partial charge in [0.2, 0.25) is 0 Å². The second-order valence-corrected chi connectivity index (χ2v) is 8.60. The molecule has 20 heavy (non-hydrogen) atoms. The number of methoxy groups -OCH3 is 1. The number of fused-ring (bicyclic) bond motifs is 2. The van der Waals surface area contributed by atoms with Crippen molar-refractivity contribution in [2.45, 2.75) is 62.2 Å². The Morgan fingerprint density at radius 2 is 2.25 bits per heavy atom. The number of hydrogen-bond acceptors (Lipinski definition) is 3. The van der Waals surface area contributed by atoms with E-state index in [1.54, 1.807) is 18.9 Å². The average Bonchev–Trinajstić information content (AvgIpc) is 3.16. The fourth-order valence-corrected chi connectivity index (χ4v) is 6.40. The van der Waals surface area contributed by atoms with Gasteiger partial charge in [0.15, 0.2) is 0 Å².